The molecule has 4 N–H and O–H groups in total. The average molecular weight is 516 g/mol. The van der Waals surface area contributed by atoms with E-state index in [2.05, 4.69) is 25.5 Å². The van der Waals surface area contributed by atoms with Crippen LogP contribution in [0.15, 0.2) is 24.5 Å². The van der Waals surface area contributed by atoms with Crippen molar-refractivity contribution in [2.24, 2.45) is 11.7 Å². The lowest BCUT2D eigenvalue weighted by molar-refractivity contribution is 0.0995. The summed E-state index contributed by atoms with van der Waals surface area (Å²) in [7, 11) is 0. The number of anilines is 3. The van der Waals surface area contributed by atoms with Gasteiger partial charge in [0, 0.05) is 25.3 Å². The van der Waals surface area contributed by atoms with Gasteiger partial charge in [-0.25, -0.2) is 9.97 Å². The smallest absolute Gasteiger partial charge is 0.267 e. The third kappa shape index (κ3) is 8.30. The Bertz CT molecular complexity index is 951. The maximum atomic E-state index is 11.5. The molecule has 1 amide bonds. The number of rotatable bonds is 4. The van der Waals surface area contributed by atoms with Crippen LogP contribution >= 0.6 is 12.4 Å². The summed E-state index contributed by atoms with van der Waals surface area (Å²) in [6.45, 7) is 4.94. The van der Waals surface area contributed by atoms with Crippen molar-refractivity contribution in [2.45, 2.75) is 83.6 Å². The topological polar surface area (TPSA) is 109 Å². The fraction of sp³-hybridized carbons (Fsp3) is 0.630. The minimum atomic E-state index is -0.525. The molecule has 2 aromatic rings. The Morgan fingerprint density at radius 1 is 1.03 bits per heavy atom. The second-order valence-corrected chi connectivity index (χ2v) is 10.2. The van der Waals surface area contributed by atoms with Crippen LogP contribution in [0.2, 0.25) is 0 Å². The van der Waals surface area contributed by atoms with Crippen LogP contribution < -0.4 is 21.3 Å². The molecule has 4 heterocycles. The van der Waals surface area contributed by atoms with E-state index in [-0.39, 0.29) is 18.1 Å². The number of carbonyl (C=O) groups excluding carboxylic acids is 1. The van der Waals surface area contributed by atoms with Crippen molar-refractivity contribution >= 4 is 35.8 Å². The van der Waals surface area contributed by atoms with Crippen molar-refractivity contribution in [3.05, 3.63) is 35.8 Å². The molecule has 2 aliphatic rings. The van der Waals surface area contributed by atoms with Gasteiger partial charge in [-0.2, -0.15) is 4.98 Å². The summed E-state index contributed by atoms with van der Waals surface area (Å²) in [6, 6.07) is 4.35. The van der Waals surface area contributed by atoms with Gasteiger partial charge in [-0.1, -0.05) is 44.9 Å². The van der Waals surface area contributed by atoms with Crippen molar-refractivity contribution in [1.82, 2.24) is 20.3 Å². The first-order chi connectivity index (χ1) is 17.1. The number of aromatic nitrogens is 3. The van der Waals surface area contributed by atoms with Crippen LogP contribution in [0.5, 0.6) is 0 Å². The van der Waals surface area contributed by atoms with E-state index in [9.17, 15) is 4.79 Å². The Morgan fingerprint density at radius 3 is 2.53 bits per heavy atom. The number of carbonyl (C=O) groups is 1. The first-order valence-corrected chi connectivity index (χ1v) is 13.4. The lowest BCUT2D eigenvalue weighted by atomic mass is 9.95. The largest absolute Gasteiger partial charge is 0.364 e. The highest BCUT2D eigenvalue weighted by molar-refractivity contribution is 5.92. The molecule has 2 aliphatic heterocycles. The highest BCUT2D eigenvalue weighted by Gasteiger charge is 2.25. The number of nitrogens with one attached hydrogen (secondary N) is 2. The molecule has 0 spiro atoms. The zero-order valence-corrected chi connectivity index (χ0v) is 22.4. The van der Waals surface area contributed by atoms with Crippen molar-refractivity contribution in [1.29, 1.82) is 0 Å². The molecule has 4 rings (SSSR count). The van der Waals surface area contributed by atoms with E-state index in [4.69, 9.17) is 10.7 Å². The maximum absolute atomic E-state index is 11.5. The first-order valence-electron chi connectivity index (χ1n) is 13.4. The standard InChI is InChI=1S/C27H41N7O.ClH/c1-20-16-23(17-31-25(20)26(28)35)32-27-30-15-13-24(33-27)34-18-21-10-8-6-4-2-3-5-7-9-14-29-22(19-34)12-11-21;/h13,15-17,21-22,29H,2-12,14,18-19H2,1H3,(H2,28,35)(H,30,32,33);1H/t21-,22+;/m0./s1. The maximum Gasteiger partial charge on any atom is 0.267 e. The van der Waals surface area contributed by atoms with E-state index in [0.29, 0.717) is 17.9 Å². The van der Waals surface area contributed by atoms with Crippen LogP contribution in [0.3, 0.4) is 0 Å². The van der Waals surface area contributed by atoms with Crippen LogP contribution in [0.25, 0.3) is 0 Å². The number of halogens is 1. The van der Waals surface area contributed by atoms with Crippen molar-refractivity contribution in [3.63, 3.8) is 0 Å². The number of aryl methyl sites for hydroxylation is 1. The zero-order valence-electron chi connectivity index (χ0n) is 21.5. The van der Waals surface area contributed by atoms with Gasteiger partial charge < -0.3 is 21.3 Å². The minimum absolute atomic E-state index is 0. The third-order valence-corrected chi connectivity index (χ3v) is 7.35. The first kappa shape index (κ1) is 28.1. The van der Waals surface area contributed by atoms with Crippen molar-refractivity contribution in [2.75, 3.05) is 29.9 Å². The van der Waals surface area contributed by atoms with Crippen LogP contribution in [-0.2, 0) is 0 Å². The number of hydrogen-bond acceptors (Lipinski definition) is 7. The van der Waals surface area contributed by atoms with Crippen LogP contribution in [0, 0.1) is 12.8 Å². The van der Waals surface area contributed by atoms with Gasteiger partial charge in [0.2, 0.25) is 5.95 Å². The summed E-state index contributed by atoms with van der Waals surface area (Å²) in [4.78, 5) is 27.4. The molecule has 0 aromatic carbocycles. The van der Waals surface area contributed by atoms with E-state index in [1.807, 2.05) is 25.3 Å². The molecule has 2 saturated heterocycles. The highest BCUT2D eigenvalue weighted by atomic mass is 35.5. The second kappa shape index (κ2) is 14.3. The zero-order chi connectivity index (χ0) is 24.5. The van der Waals surface area contributed by atoms with Gasteiger partial charge in [0.05, 0.1) is 11.9 Å². The molecule has 2 aromatic heterocycles. The molecule has 198 valence electrons. The molecule has 2 fully saturated rings. The number of hydrogen-bond donors (Lipinski definition) is 3. The van der Waals surface area contributed by atoms with Gasteiger partial charge in [0.25, 0.3) is 5.91 Å². The summed E-state index contributed by atoms with van der Waals surface area (Å²) in [5, 5.41) is 7.09. The number of nitrogens with zero attached hydrogens (tertiary/aromatic N) is 4. The number of fused-ring (bicyclic) bond motifs is 3. The van der Waals surface area contributed by atoms with Gasteiger partial charge >= 0.3 is 0 Å². The van der Waals surface area contributed by atoms with E-state index in [0.717, 1.165) is 36.7 Å². The van der Waals surface area contributed by atoms with E-state index < -0.39 is 5.91 Å². The molecule has 0 radical (unpaired) electrons. The van der Waals surface area contributed by atoms with Crippen LogP contribution in [0.1, 0.15) is 86.7 Å². The van der Waals surface area contributed by atoms with Gasteiger partial charge in [-0.3, -0.25) is 4.79 Å². The van der Waals surface area contributed by atoms with E-state index in [1.54, 1.807) is 6.20 Å². The van der Waals surface area contributed by atoms with E-state index in [1.165, 1.54) is 70.6 Å². The molecule has 9 heteroatoms. The molecule has 0 unspecified atom stereocenters. The number of amides is 1. The highest BCUT2D eigenvalue weighted by Crippen LogP contribution is 2.27. The Labute approximate surface area is 221 Å². The van der Waals surface area contributed by atoms with Gasteiger partial charge in [-0.15, -0.1) is 12.4 Å². The van der Waals surface area contributed by atoms with Crippen molar-refractivity contribution < 1.29 is 4.79 Å². The predicted molar refractivity (Wildman–Crippen MR) is 148 cm³/mol. The Kier molecular flexibility index (Phi) is 11.2. The predicted octanol–water partition coefficient (Wildman–Crippen LogP) is 5.14. The summed E-state index contributed by atoms with van der Waals surface area (Å²) in [6.07, 6.45) is 18.1. The minimum Gasteiger partial charge on any atom is -0.364 e. The summed E-state index contributed by atoms with van der Waals surface area (Å²) < 4.78 is 0. The van der Waals surface area contributed by atoms with Crippen LogP contribution in [-0.4, -0.2) is 46.5 Å². The molecule has 8 nitrogen and oxygen atoms in total. The van der Waals surface area contributed by atoms with Gasteiger partial charge in [0.1, 0.15) is 11.5 Å². The van der Waals surface area contributed by atoms with Crippen LogP contribution in [0.4, 0.5) is 17.5 Å². The lowest BCUT2D eigenvalue weighted by Gasteiger charge is -2.28. The molecule has 0 saturated carbocycles. The van der Waals surface area contributed by atoms with Gasteiger partial charge in [-0.05, 0) is 62.8 Å². The third-order valence-electron chi connectivity index (χ3n) is 7.35. The molecule has 2 bridgehead atoms. The molecule has 36 heavy (non-hydrogen) atoms. The molecule has 2 atom stereocenters. The van der Waals surface area contributed by atoms with Crippen molar-refractivity contribution in [3.8, 4) is 0 Å². The number of nitrogens with two attached hydrogens (primary N) is 1. The Morgan fingerprint density at radius 2 is 1.78 bits per heavy atom. The van der Waals surface area contributed by atoms with Gasteiger partial charge in [0.15, 0.2) is 0 Å². The SMILES string of the molecule is Cc1cc(Nc2nccc(N3C[C@H]4CCCCCCCCCCN[C@H](CC4)C3)n2)cnc1C(N)=O.Cl. The quantitative estimate of drug-likeness (QED) is 0.517. The summed E-state index contributed by atoms with van der Waals surface area (Å²) in [5.74, 6) is 1.67. The molecular weight excluding hydrogens is 474 g/mol. The molecular formula is C27H42ClN7O. The Hall–Kier alpha value is -2.45. The fourth-order valence-corrected chi connectivity index (χ4v) is 5.40. The number of primary amides is 1. The number of pyridine rings is 1. The fourth-order valence-electron chi connectivity index (χ4n) is 5.40. The monoisotopic (exact) mass is 515 g/mol. The van der Waals surface area contributed by atoms with E-state index >= 15 is 0 Å². The Balaban J connectivity index is 0.00000361. The summed E-state index contributed by atoms with van der Waals surface area (Å²) in [5.41, 5.74) is 7.13. The normalized spacial score (nSPS) is 22.0. The second-order valence-electron chi connectivity index (χ2n) is 10.2. The molecule has 0 aliphatic carbocycles. The lowest BCUT2D eigenvalue weighted by Crippen LogP contribution is -2.41. The summed E-state index contributed by atoms with van der Waals surface area (Å²) >= 11 is 0. The average Bonchev–Trinajstić information content (AvgIpc) is 3.05.